The molecule has 0 fully saturated rings. The largest absolute Gasteiger partial charge is 0.497 e. The van der Waals surface area contributed by atoms with Crippen LogP contribution in [0.1, 0.15) is 43.0 Å². The van der Waals surface area contributed by atoms with Crippen molar-refractivity contribution in [2.45, 2.75) is 40.2 Å². The number of methoxy groups -OCH3 is 1. The minimum Gasteiger partial charge on any atom is -0.497 e. The fourth-order valence-corrected chi connectivity index (χ4v) is 2.99. The lowest BCUT2D eigenvalue weighted by molar-refractivity contribution is 0.414. The molecule has 0 spiro atoms. The molecule has 0 aromatic heterocycles. The molecule has 2 aromatic carbocycles. The Kier molecular flexibility index (Phi) is 6.82. The number of hydrogen-bond acceptors (Lipinski definition) is 2. The van der Waals surface area contributed by atoms with Crippen LogP contribution < -0.4 is 15.4 Å². The summed E-state index contributed by atoms with van der Waals surface area (Å²) in [6.07, 6.45) is 1.00. The van der Waals surface area contributed by atoms with Crippen LogP contribution in [0.4, 0.5) is 5.69 Å². The van der Waals surface area contributed by atoms with Crippen molar-refractivity contribution in [2.75, 3.05) is 12.4 Å². The summed E-state index contributed by atoms with van der Waals surface area (Å²) in [5.41, 5.74) is 4.75. The van der Waals surface area contributed by atoms with Crippen molar-refractivity contribution < 1.29 is 4.74 Å². The van der Waals surface area contributed by atoms with Crippen LogP contribution in [0.15, 0.2) is 42.5 Å². The van der Waals surface area contributed by atoms with Crippen molar-refractivity contribution in [1.29, 1.82) is 0 Å². The number of thiocarbonyl (C=S) groups is 1. The maximum Gasteiger partial charge on any atom is 0.171 e. The molecule has 2 aromatic rings. The van der Waals surface area contributed by atoms with Crippen LogP contribution in [-0.2, 0) is 0 Å². The minimum atomic E-state index is 0.164. The van der Waals surface area contributed by atoms with E-state index in [4.69, 9.17) is 17.0 Å². The Morgan fingerprint density at radius 1 is 1.04 bits per heavy atom. The van der Waals surface area contributed by atoms with Gasteiger partial charge >= 0.3 is 0 Å². The summed E-state index contributed by atoms with van der Waals surface area (Å²) in [4.78, 5) is 0. The highest BCUT2D eigenvalue weighted by Crippen LogP contribution is 2.24. The van der Waals surface area contributed by atoms with Crippen LogP contribution in [0, 0.1) is 19.8 Å². The summed E-state index contributed by atoms with van der Waals surface area (Å²) in [7, 11) is 1.68. The highest BCUT2D eigenvalue weighted by molar-refractivity contribution is 7.80. The van der Waals surface area contributed by atoms with Crippen LogP contribution in [0.25, 0.3) is 0 Å². The van der Waals surface area contributed by atoms with Crippen molar-refractivity contribution in [3.63, 3.8) is 0 Å². The van der Waals surface area contributed by atoms with Gasteiger partial charge in [-0.1, -0.05) is 32.0 Å². The molecule has 0 saturated carbocycles. The second kappa shape index (κ2) is 8.86. The molecule has 0 heterocycles. The van der Waals surface area contributed by atoms with Gasteiger partial charge in [0.1, 0.15) is 5.75 Å². The Morgan fingerprint density at radius 3 is 2.28 bits per heavy atom. The van der Waals surface area contributed by atoms with E-state index in [1.54, 1.807) is 7.11 Å². The molecule has 0 amide bonds. The number of ether oxygens (including phenoxy) is 1. The molecule has 0 radical (unpaired) electrons. The first-order valence-electron chi connectivity index (χ1n) is 8.67. The van der Waals surface area contributed by atoms with Gasteiger partial charge < -0.3 is 15.4 Å². The number of rotatable bonds is 6. The number of nitrogens with one attached hydrogen (secondary N) is 2. The van der Waals surface area contributed by atoms with E-state index in [0.717, 1.165) is 17.9 Å². The van der Waals surface area contributed by atoms with Crippen molar-refractivity contribution in [1.82, 2.24) is 5.32 Å². The van der Waals surface area contributed by atoms with E-state index >= 15 is 0 Å². The molecule has 0 aliphatic heterocycles. The van der Waals surface area contributed by atoms with Crippen molar-refractivity contribution in [3.8, 4) is 5.75 Å². The number of anilines is 1. The predicted molar refractivity (Wildman–Crippen MR) is 110 cm³/mol. The SMILES string of the molecule is COc1ccc([C@H](CC(C)C)NC(=S)Nc2ccc(C)c(C)c2)cc1. The van der Waals surface area contributed by atoms with Gasteiger partial charge in [-0.2, -0.15) is 0 Å². The van der Waals surface area contributed by atoms with Gasteiger partial charge in [0.25, 0.3) is 0 Å². The molecular formula is C21H28N2OS. The normalized spacial score (nSPS) is 11.9. The second-order valence-corrected chi connectivity index (χ2v) is 7.26. The molecule has 0 unspecified atom stereocenters. The quantitative estimate of drug-likeness (QED) is 0.680. The summed E-state index contributed by atoms with van der Waals surface area (Å²) in [6.45, 7) is 8.66. The molecule has 0 aliphatic carbocycles. The Hall–Kier alpha value is -2.07. The average Bonchev–Trinajstić information content (AvgIpc) is 2.57. The van der Waals surface area contributed by atoms with Crippen LogP contribution in [0.5, 0.6) is 5.75 Å². The molecule has 0 bridgehead atoms. The third-order valence-electron chi connectivity index (χ3n) is 4.30. The number of aryl methyl sites for hydroxylation is 2. The van der Waals surface area contributed by atoms with Crippen LogP contribution in [0.2, 0.25) is 0 Å². The lowest BCUT2D eigenvalue weighted by Crippen LogP contribution is -2.33. The van der Waals surface area contributed by atoms with E-state index in [2.05, 4.69) is 68.7 Å². The lowest BCUT2D eigenvalue weighted by Gasteiger charge is -2.23. The molecule has 25 heavy (non-hydrogen) atoms. The van der Waals surface area contributed by atoms with Gasteiger partial charge in [-0.15, -0.1) is 0 Å². The molecule has 4 heteroatoms. The van der Waals surface area contributed by atoms with Gasteiger partial charge in [-0.05, 0) is 79.4 Å². The Bertz CT molecular complexity index is 710. The first-order chi connectivity index (χ1) is 11.9. The van der Waals surface area contributed by atoms with E-state index < -0.39 is 0 Å². The van der Waals surface area contributed by atoms with Gasteiger partial charge in [-0.25, -0.2) is 0 Å². The molecule has 2 N–H and O–H groups in total. The number of hydrogen-bond donors (Lipinski definition) is 2. The highest BCUT2D eigenvalue weighted by Gasteiger charge is 2.15. The highest BCUT2D eigenvalue weighted by atomic mass is 32.1. The third-order valence-corrected chi connectivity index (χ3v) is 4.52. The van der Waals surface area contributed by atoms with Crippen molar-refractivity contribution in [2.24, 2.45) is 5.92 Å². The summed E-state index contributed by atoms with van der Waals surface area (Å²) >= 11 is 5.54. The van der Waals surface area contributed by atoms with Crippen LogP contribution in [-0.4, -0.2) is 12.2 Å². The molecular weight excluding hydrogens is 328 g/mol. The predicted octanol–water partition coefficient (Wildman–Crippen LogP) is 5.39. The van der Waals surface area contributed by atoms with Gasteiger partial charge in [0.15, 0.2) is 5.11 Å². The molecule has 2 rings (SSSR count). The van der Waals surface area contributed by atoms with Gasteiger partial charge in [0, 0.05) is 5.69 Å². The smallest absolute Gasteiger partial charge is 0.171 e. The first kappa shape index (κ1) is 19.3. The second-order valence-electron chi connectivity index (χ2n) is 6.85. The zero-order valence-corrected chi connectivity index (χ0v) is 16.5. The molecule has 0 aliphatic rings. The number of benzene rings is 2. The zero-order valence-electron chi connectivity index (χ0n) is 15.7. The van der Waals surface area contributed by atoms with Gasteiger partial charge in [-0.3, -0.25) is 0 Å². The van der Waals surface area contributed by atoms with E-state index in [-0.39, 0.29) is 6.04 Å². The Balaban J connectivity index is 2.09. The maximum absolute atomic E-state index is 5.54. The monoisotopic (exact) mass is 356 g/mol. The topological polar surface area (TPSA) is 33.3 Å². The van der Waals surface area contributed by atoms with E-state index in [1.807, 2.05) is 12.1 Å². The minimum absolute atomic E-state index is 0.164. The van der Waals surface area contributed by atoms with Crippen molar-refractivity contribution in [3.05, 3.63) is 59.2 Å². The van der Waals surface area contributed by atoms with E-state index in [9.17, 15) is 0 Å². The summed E-state index contributed by atoms with van der Waals surface area (Å²) in [6, 6.07) is 14.6. The zero-order chi connectivity index (χ0) is 18.4. The molecule has 0 saturated heterocycles. The van der Waals surface area contributed by atoms with E-state index in [0.29, 0.717) is 11.0 Å². The molecule has 134 valence electrons. The fraction of sp³-hybridized carbons (Fsp3) is 0.381. The molecule has 3 nitrogen and oxygen atoms in total. The van der Waals surface area contributed by atoms with Gasteiger partial charge in [0.05, 0.1) is 13.2 Å². The summed E-state index contributed by atoms with van der Waals surface area (Å²) < 4.78 is 5.25. The molecule has 1 atom stereocenters. The summed E-state index contributed by atoms with van der Waals surface area (Å²) in [5.74, 6) is 1.42. The van der Waals surface area contributed by atoms with E-state index in [1.165, 1.54) is 16.7 Å². The van der Waals surface area contributed by atoms with Crippen molar-refractivity contribution >= 4 is 23.0 Å². The Morgan fingerprint density at radius 2 is 1.72 bits per heavy atom. The van der Waals surface area contributed by atoms with Gasteiger partial charge in [0.2, 0.25) is 0 Å². The van der Waals surface area contributed by atoms with Crippen LogP contribution >= 0.6 is 12.2 Å². The van der Waals surface area contributed by atoms with Crippen LogP contribution in [0.3, 0.4) is 0 Å². The third kappa shape index (κ3) is 5.75. The average molecular weight is 357 g/mol. The Labute approximate surface area is 156 Å². The lowest BCUT2D eigenvalue weighted by atomic mass is 9.97. The summed E-state index contributed by atoms with van der Waals surface area (Å²) in [5, 5.41) is 7.41. The standard InChI is InChI=1S/C21H28N2OS/c1-14(2)12-20(17-7-10-19(24-5)11-8-17)23-21(25)22-18-9-6-15(3)16(4)13-18/h6-11,13-14,20H,12H2,1-5H3,(H2,22,23,25)/t20-/m0/s1. The first-order valence-corrected chi connectivity index (χ1v) is 9.08. The fourth-order valence-electron chi connectivity index (χ4n) is 2.73. The maximum atomic E-state index is 5.54.